The molecule has 2 heteroatoms. The zero-order valence-electron chi connectivity index (χ0n) is 13.8. The Kier molecular flexibility index (Phi) is 8.56. The van der Waals surface area contributed by atoms with Gasteiger partial charge in [-0.2, -0.15) is 0 Å². The highest BCUT2D eigenvalue weighted by atomic mass is 15.1. The van der Waals surface area contributed by atoms with Crippen LogP contribution in [0.3, 0.4) is 0 Å². The van der Waals surface area contributed by atoms with Crippen molar-refractivity contribution in [2.75, 3.05) is 26.7 Å². The molecule has 20 heavy (non-hydrogen) atoms. The molecule has 0 amide bonds. The molecule has 1 aromatic carbocycles. The van der Waals surface area contributed by atoms with Gasteiger partial charge in [0.25, 0.3) is 0 Å². The highest BCUT2D eigenvalue weighted by Crippen LogP contribution is 2.16. The van der Waals surface area contributed by atoms with Crippen molar-refractivity contribution in [3.8, 4) is 0 Å². The quantitative estimate of drug-likeness (QED) is 0.701. The minimum atomic E-state index is 0.833. The second-order valence-corrected chi connectivity index (χ2v) is 5.63. The van der Waals surface area contributed by atoms with Crippen LogP contribution in [0.15, 0.2) is 24.3 Å². The largest absolute Gasteiger partial charge is 0.319 e. The molecule has 2 nitrogen and oxygen atoms in total. The molecule has 0 aliphatic carbocycles. The van der Waals surface area contributed by atoms with E-state index in [4.69, 9.17) is 0 Å². The van der Waals surface area contributed by atoms with Crippen molar-refractivity contribution < 1.29 is 0 Å². The summed E-state index contributed by atoms with van der Waals surface area (Å²) in [6.45, 7) is 11.4. The van der Waals surface area contributed by atoms with Gasteiger partial charge in [0.05, 0.1) is 0 Å². The van der Waals surface area contributed by atoms with Crippen LogP contribution in [-0.4, -0.2) is 31.6 Å². The Morgan fingerprint density at radius 1 is 1.05 bits per heavy atom. The maximum absolute atomic E-state index is 3.25. The van der Waals surface area contributed by atoms with E-state index in [2.05, 4.69) is 55.3 Å². The smallest absolute Gasteiger partial charge is 0.0236 e. The third-order valence-electron chi connectivity index (χ3n) is 4.27. The minimum absolute atomic E-state index is 0.833. The normalized spacial score (nSPS) is 11.5. The Balaban J connectivity index is 2.68. The average Bonchev–Trinajstić information content (AvgIpc) is 2.50. The first kappa shape index (κ1) is 17.2. The topological polar surface area (TPSA) is 15.3 Å². The molecule has 0 saturated heterocycles. The van der Waals surface area contributed by atoms with Gasteiger partial charge >= 0.3 is 0 Å². The van der Waals surface area contributed by atoms with Gasteiger partial charge in [-0.3, -0.25) is 4.90 Å². The number of nitrogens with one attached hydrogen (secondary N) is 1. The fraction of sp³-hybridized carbons (Fsp3) is 0.667. The molecule has 0 saturated carbocycles. The van der Waals surface area contributed by atoms with Crippen LogP contribution in [0.5, 0.6) is 0 Å². The lowest BCUT2D eigenvalue weighted by Gasteiger charge is -2.26. The lowest BCUT2D eigenvalue weighted by atomic mass is 10.0. The number of likely N-dealkylation sites (N-methyl/N-ethyl adjacent to an activating group) is 1. The van der Waals surface area contributed by atoms with Gasteiger partial charge in [0.15, 0.2) is 0 Å². The van der Waals surface area contributed by atoms with Crippen molar-refractivity contribution in [2.24, 2.45) is 5.92 Å². The zero-order valence-corrected chi connectivity index (χ0v) is 13.8. The van der Waals surface area contributed by atoms with Crippen molar-refractivity contribution in [1.82, 2.24) is 10.2 Å². The molecule has 0 bridgehead atoms. The van der Waals surface area contributed by atoms with Crippen molar-refractivity contribution in [3.05, 3.63) is 35.4 Å². The van der Waals surface area contributed by atoms with Crippen LogP contribution < -0.4 is 5.32 Å². The van der Waals surface area contributed by atoms with Crippen LogP contribution in [0.4, 0.5) is 0 Å². The third-order valence-corrected chi connectivity index (χ3v) is 4.27. The number of hydrogen-bond donors (Lipinski definition) is 1. The van der Waals surface area contributed by atoms with E-state index in [0.717, 1.165) is 32.0 Å². The van der Waals surface area contributed by atoms with Crippen LogP contribution in [0.1, 0.15) is 44.7 Å². The maximum atomic E-state index is 3.25. The van der Waals surface area contributed by atoms with Crippen LogP contribution in [0.2, 0.25) is 0 Å². The molecule has 114 valence electrons. The summed E-state index contributed by atoms with van der Waals surface area (Å²) in [5.41, 5.74) is 2.99. The van der Waals surface area contributed by atoms with Crippen molar-refractivity contribution in [1.29, 1.82) is 0 Å². The van der Waals surface area contributed by atoms with Gasteiger partial charge in [-0.25, -0.2) is 0 Å². The molecule has 0 heterocycles. The first-order valence-electron chi connectivity index (χ1n) is 8.18. The van der Waals surface area contributed by atoms with Crippen molar-refractivity contribution >= 4 is 0 Å². The van der Waals surface area contributed by atoms with E-state index in [0.29, 0.717) is 0 Å². The lowest BCUT2D eigenvalue weighted by molar-refractivity contribution is 0.225. The van der Waals surface area contributed by atoms with E-state index in [-0.39, 0.29) is 0 Å². The predicted octanol–water partition coefficient (Wildman–Crippen LogP) is 3.71. The molecule has 0 atom stereocenters. The molecule has 1 aromatic rings. The highest BCUT2D eigenvalue weighted by molar-refractivity contribution is 5.27. The average molecular weight is 276 g/mol. The summed E-state index contributed by atoms with van der Waals surface area (Å²) < 4.78 is 0. The van der Waals surface area contributed by atoms with E-state index >= 15 is 0 Å². The van der Waals surface area contributed by atoms with E-state index in [1.807, 2.05) is 7.05 Å². The third kappa shape index (κ3) is 5.64. The van der Waals surface area contributed by atoms with Gasteiger partial charge in [0, 0.05) is 13.1 Å². The van der Waals surface area contributed by atoms with E-state index in [1.54, 1.807) is 0 Å². The van der Waals surface area contributed by atoms with Gasteiger partial charge in [0.2, 0.25) is 0 Å². The van der Waals surface area contributed by atoms with Crippen LogP contribution in [0.25, 0.3) is 0 Å². The predicted molar refractivity (Wildman–Crippen MR) is 89.1 cm³/mol. The summed E-state index contributed by atoms with van der Waals surface area (Å²) in [7, 11) is 2.02. The monoisotopic (exact) mass is 276 g/mol. The van der Waals surface area contributed by atoms with E-state index < -0.39 is 0 Å². The fourth-order valence-electron chi connectivity index (χ4n) is 2.67. The first-order valence-corrected chi connectivity index (χ1v) is 8.18. The van der Waals surface area contributed by atoms with Crippen LogP contribution >= 0.6 is 0 Å². The summed E-state index contributed by atoms with van der Waals surface area (Å²) >= 11 is 0. The second kappa shape index (κ2) is 9.95. The molecule has 0 fully saturated rings. The van der Waals surface area contributed by atoms with Crippen molar-refractivity contribution in [2.45, 2.75) is 46.6 Å². The first-order chi connectivity index (χ1) is 9.74. The summed E-state index contributed by atoms with van der Waals surface area (Å²) in [5, 5.41) is 3.25. The molecule has 1 N–H and O–H groups in total. The van der Waals surface area contributed by atoms with Gasteiger partial charge in [-0.15, -0.1) is 0 Å². The Bertz CT molecular complexity index is 358. The van der Waals surface area contributed by atoms with E-state index in [9.17, 15) is 0 Å². The molecular weight excluding hydrogens is 244 g/mol. The van der Waals surface area contributed by atoms with Crippen LogP contribution in [0, 0.1) is 5.92 Å². The number of hydrogen-bond acceptors (Lipinski definition) is 2. The zero-order chi connectivity index (χ0) is 14.8. The van der Waals surface area contributed by atoms with Crippen molar-refractivity contribution in [3.63, 3.8) is 0 Å². The fourth-order valence-corrected chi connectivity index (χ4v) is 2.67. The Morgan fingerprint density at radius 2 is 1.70 bits per heavy atom. The lowest BCUT2D eigenvalue weighted by Crippen LogP contribution is -2.29. The summed E-state index contributed by atoms with van der Waals surface area (Å²) in [6.07, 6.45) is 3.69. The van der Waals surface area contributed by atoms with Gasteiger partial charge in [0.1, 0.15) is 0 Å². The standard InChI is InChI=1S/C18H32N2/c1-5-16(6-2)14-20(7-3)15-18-11-9-8-10-17(18)12-13-19-4/h8-11,16,19H,5-7,12-15H2,1-4H3. The Morgan fingerprint density at radius 3 is 2.25 bits per heavy atom. The molecule has 0 spiro atoms. The molecular formula is C18H32N2. The molecule has 0 unspecified atom stereocenters. The molecule has 1 rings (SSSR count). The van der Waals surface area contributed by atoms with Gasteiger partial charge < -0.3 is 5.32 Å². The van der Waals surface area contributed by atoms with Gasteiger partial charge in [-0.1, -0.05) is 57.9 Å². The Hall–Kier alpha value is -0.860. The summed E-state index contributed by atoms with van der Waals surface area (Å²) in [6, 6.07) is 8.90. The second-order valence-electron chi connectivity index (χ2n) is 5.63. The SMILES string of the molecule is CCC(CC)CN(CC)Cc1ccccc1CCNC. The number of benzene rings is 1. The molecule has 0 radical (unpaired) electrons. The molecule has 0 aliphatic rings. The number of rotatable bonds is 10. The maximum Gasteiger partial charge on any atom is 0.0236 e. The van der Waals surface area contributed by atoms with Crippen LogP contribution in [-0.2, 0) is 13.0 Å². The summed E-state index contributed by atoms with van der Waals surface area (Å²) in [5.74, 6) is 0.833. The minimum Gasteiger partial charge on any atom is -0.319 e. The molecule has 0 aromatic heterocycles. The molecule has 0 aliphatic heterocycles. The Labute approximate surface area is 125 Å². The summed E-state index contributed by atoms with van der Waals surface area (Å²) in [4.78, 5) is 2.59. The van der Waals surface area contributed by atoms with E-state index in [1.165, 1.54) is 30.5 Å². The number of nitrogens with zero attached hydrogens (tertiary/aromatic N) is 1. The van der Waals surface area contributed by atoms with Gasteiger partial charge in [-0.05, 0) is 43.6 Å². The highest BCUT2D eigenvalue weighted by Gasteiger charge is 2.12.